The first-order valence-corrected chi connectivity index (χ1v) is 9.37. The zero-order valence-electron chi connectivity index (χ0n) is 16.1. The van der Waals surface area contributed by atoms with Crippen LogP contribution in [0.4, 0.5) is 15.9 Å². The van der Waals surface area contributed by atoms with Crippen LogP contribution in [0.2, 0.25) is 0 Å². The number of benzene rings is 1. The van der Waals surface area contributed by atoms with Gasteiger partial charge in [0.1, 0.15) is 11.6 Å². The number of hydrogen-bond acceptors (Lipinski definition) is 4. The second kappa shape index (κ2) is 7.96. The number of nitrogens with two attached hydrogens (primary N) is 2. The van der Waals surface area contributed by atoms with Crippen LogP contribution in [-0.2, 0) is 11.2 Å². The standard InChI is InChI=1S/C15H18FNO.C6H7N3O/c1-9-7-12-8-13(16)5-6-14(12)17(10(2)18)15(9)11-3-4-11;7-5-2-1-4(3-9-5)6(8)10/h5-6,8-9,11,15H,3-4,7H2,1-2H3;1-3H,(H2,7,9)(H2,8,10)/t9?,15-;/m1./s1. The summed E-state index contributed by atoms with van der Waals surface area (Å²) in [7, 11) is 0. The van der Waals surface area contributed by atoms with E-state index in [1.54, 1.807) is 19.1 Å². The smallest absolute Gasteiger partial charge is 0.250 e. The number of carbonyl (C=O) groups is 2. The highest BCUT2D eigenvalue weighted by Crippen LogP contribution is 2.45. The van der Waals surface area contributed by atoms with E-state index in [4.69, 9.17) is 11.5 Å². The second-order valence-electron chi connectivity index (χ2n) is 7.51. The van der Waals surface area contributed by atoms with Gasteiger partial charge in [-0.2, -0.15) is 0 Å². The highest BCUT2D eigenvalue weighted by molar-refractivity contribution is 5.94. The van der Waals surface area contributed by atoms with Crippen LogP contribution in [0.3, 0.4) is 0 Å². The van der Waals surface area contributed by atoms with Crippen molar-refractivity contribution in [3.8, 4) is 0 Å². The largest absolute Gasteiger partial charge is 0.384 e. The number of halogens is 1. The third-order valence-corrected chi connectivity index (χ3v) is 5.24. The first-order valence-electron chi connectivity index (χ1n) is 9.37. The fourth-order valence-electron chi connectivity index (χ4n) is 3.88. The summed E-state index contributed by atoms with van der Waals surface area (Å²) in [4.78, 5) is 28.0. The number of anilines is 2. The molecule has 0 saturated heterocycles. The molecule has 1 unspecified atom stereocenters. The number of rotatable bonds is 2. The van der Waals surface area contributed by atoms with Gasteiger partial charge in [-0.1, -0.05) is 6.92 Å². The molecule has 7 heteroatoms. The van der Waals surface area contributed by atoms with E-state index < -0.39 is 5.91 Å². The van der Waals surface area contributed by atoms with Crippen molar-refractivity contribution in [1.29, 1.82) is 0 Å². The van der Waals surface area contributed by atoms with Crippen LogP contribution in [0.1, 0.15) is 42.6 Å². The van der Waals surface area contributed by atoms with Gasteiger partial charge in [-0.05, 0) is 67.0 Å². The van der Waals surface area contributed by atoms with Gasteiger partial charge in [-0.3, -0.25) is 9.59 Å². The summed E-state index contributed by atoms with van der Waals surface area (Å²) >= 11 is 0. The normalized spacial score (nSPS) is 20.6. The number of nitrogen functional groups attached to an aromatic ring is 1. The maximum atomic E-state index is 13.3. The predicted octanol–water partition coefficient (Wildman–Crippen LogP) is 2.91. The Balaban J connectivity index is 0.000000192. The summed E-state index contributed by atoms with van der Waals surface area (Å²) in [5.41, 5.74) is 12.5. The molecule has 1 fully saturated rings. The van der Waals surface area contributed by atoms with Gasteiger partial charge in [0, 0.05) is 24.8 Å². The van der Waals surface area contributed by atoms with Crippen molar-refractivity contribution in [3.63, 3.8) is 0 Å². The lowest BCUT2D eigenvalue weighted by atomic mass is 9.84. The molecule has 4 N–H and O–H groups in total. The van der Waals surface area contributed by atoms with Crippen molar-refractivity contribution >= 4 is 23.3 Å². The molecule has 1 aliphatic heterocycles. The quantitative estimate of drug-likeness (QED) is 0.831. The van der Waals surface area contributed by atoms with Crippen LogP contribution >= 0.6 is 0 Å². The van der Waals surface area contributed by atoms with Crippen LogP contribution in [0.25, 0.3) is 0 Å². The number of pyridine rings is 1. The SMILES string of the molecule is CC(=O)N1c2ccc(F)cc2CC(C)[C@@H]1C1CC1.NC(=O)c1ccc(N)nc1. The lowest BCUT2D eigenvalue weighted by molar-refractivity contribution is -0.117. The molecule has 28 heavy (non-hydrogen) atoms. The van der Waals surface area contributed by atoms with Crippen molar-refractivity contribution < 1.29 is 14.0 Å². The van der Waals surface area contributed by atoms with Crippen molar-refractivity contribution in [1.82, 2.24) is 4.98 Å². The molecule has 6 nitrogen and oxygen atoms in total. The van der Waals surface area contributed by atoms with Gasteiger partial charge in [-0.25, -0.2) is 9.37 Å². The Labute approximate surface area is 163 Å². The molecule has 2 atom stereocenters. The van der Waals surface area contributed by atoms with Gasteiger partial charge < -0.3 is 16.4 Å². The lowest BCUT2D eigenvalue weighted by Gasteiger charge is -2.41. The maximum Gasteiger partial charge on any atom is 0.250 e. The Hall–Kier alpha value is -2.96. The molecule has 2 amide bonds. The highest BCUT2D eigenvalue weighted by atomic mass is 19.1. The molecule has 2 aliphatic rings. The fraction of sp³-hybridized carbons (Fsp3) is 0.381. The lowest BCUT2D eigenvalue weighted by Crippen LogP contribution is -2.48. The Morgan fingerprint density at radius 3 is 2.46 bits per heavy atom. The average Bonchev–Trinajstić information content (AvgIpc) is 3.46. The Morgan fingerprint density at radius 2 is 1.93 bits per heavy atom. The summed E-state index contributed by atoms with van der Waals surface area (Å²) in [6, 6.07) is 8.15. The van der Waals surface area contributed by atoms with Gasteiger partial charge in [0.25, 0.3) is 0 Å². The third-order valence-electron chi connectivity index (χ3n) is 5.24. The van der Waals surface area contributed by atoms with E-state index >= 15 is 0 Å². The second-order valence-corrected chi connectivity index (χ2v) is 7.51. The van der Waals surface area contributed by atoms with E-state index in [1.165, 1.54) is 37.2 Å². The van der Waals surface area contributed by atoms with Crippen molar-refractivity contribution in [2.45, 2.75) is 39.2 Å². The van der Waals surface area contributed by atoms with E-state index in [1.807, 2.05) is 4.90 Å². The highest BCUT2D eigenvalue weighted by Gasteiger charge is 2.43. The van der Waals surface area contributed by atoms with Gasteiger partial charge in [0.05, 0.1) is 5.56 Å². The van der Waals surface area contributed by atoms with E-state index in [0.717, 1.165) is 17.7 Å². The minimum atomic E-state index is -0.493. The number of amides is 2. The van der Waals surface area contributed by atoms with E-state index in [-0.39, 0.29) is 11.7 Å². The summed E-state index contributed by atoms with van der Waals surface area (Å²) < 4.78 is 13.3. The predicted molar refractivity (Wildman–Crippen MR) is 106 cm³/mol. The molecular weight excluding hydrogens is 359 g/mol. The summed E-state index contributed by atoms with van der Waals surface area (Å²) in [6.07, 6.45) is 4.65. The Kier molecular flexibility index (Phi) is 5.63. The molecule has 1 saturated carbocycles. The number of aromatic nitrogens is 1. The minimum Gasteiger partial charge on any atom is -0.384 e. The molecule has 0 spiro atoms. The molecule has 1 aliphatic carbocycles. The van der Waals surface area contributed by atoms with Crippen LogP contribution in [-0.4, -0.2) is 22.8 Å². The zero-order chi connectivity index (χ0) is 20.4. The van der Waals surface area contributed by atoms with Crippen LogP contribution in [0.15, 0.2) is 36.5 Å². The van der Waals surface area contributed by atoms with Gasteiger partial charge in [-0.15, -0.1) is 0 Å². The van der Waals surface area contributed by atoms with Crippen molar-refractivity contribution in [2.24, 2.45) is 17.6 Å². The Morgan fingerprint density at radius 1 is 1.21 bits per heavy atom. The van der Waals surface area contributed by atoms with E-state index in [2.05, 4.69) is 11.9 Å². The number of primary amides is 1. The number of nitrogens with zero attached hydrogens (tertiary/aromatic N) is 2. The van der Waals surface area contributed by atoms with Gasteiger partial charge >= 0.3 is 0 Å². The average molecular weight is 384 g/mol. The molecule has 4 rings (SSSR count). The van der Waals surface area contributed by atoms with Gasteiger partial charge in [0.2, 0.25) is 11.8 Å². The van der Waals surface area contributed by atoms with Crippen LogP contribution < -0.4 is 16.4 Å². The topological polar surface area (TPSA) is 102 Å². The summed E-state index contributed by atoms with van der Waals surface area (Å²) in [5, 5.41) is 0. The van der Waals surface area contributed by atoms with Crippen LogP contribution in [0.5, 0.6) is 0 Å². The van der Waals surface area contributed by atoms with Crippen LogP contribution in [0, 0.1) is 17.7 Å². The molecule has 2 heterocycles. The zero-order valence-corrected chi connectivity index (χ0v) is 16.1. The number of fused-ring (bicyclic) bond motifs is 1. The minimum absolute atomic E-state index is 0.0753. The maximum absolute atomic E-state index is 13.3. The molecule has 2 aromatic rings. The Bertz CT molecular complexity index is 880. The number of carbonyl (C=O) groups excluding carboxylic acids is 2. The summed E-state index contributed by atoms with van der Waals surface area (Å²) in [5.74, 6) is 0.802. The molecule has 0 radical (unpaired) electrons. The summed E-state index contributed by atoms with van der Waals surface area (Å²) in [6.45, 7) is 3.79. The van der Waals surface area contributed by atoms with E-state index in [0.29, 0.717) is 29.3 Å². The third kappa shape index (κ3) is 4.30. The molecule has 1 aromatic heterocycles. The first kappa shape index (κ1) is 19.8. The first-order chi connectivity index (χ1) is 13.3. The number of hydrogen-bond donors (Lipinski definition) is 2. The monoisotopic (exact) mass is 384 g/mol. The fourth-order valence-corrected chi connectivity index (χ4v) is 3.88. The molecule has 148 valence electrons. The molecule has 1 aromatic carbocycles. The van der Waals surface area contributed by atoms with E-state index in [9.17, 15) is 14.0 Å². The van der Waals surface area contributed by atoms with Crippen molar-refractivity contribution in [2.75, 3.05) is 10.6 Å². The van der Waals surface area contributed by atoms with Gasteiger partial charge in [0.15, 0.2) is 0 Å². The molecule has 0 bridgehead atoms. The molecular formula is C21H25FN4O2. The van der Waals surface area contributed by atoms with Crippen molar-refractivity contribution in [3.05, 3.63) is 53.5 Å².